The first kappa shape index (κ1) is 17.7. The highest BCUT2D eigenvalue weighted by Gasteiger charge is 2.16. The molecule has 0 radical (unpaired) electrons. The second-order valence-corrected chi connectivity index (χ2v) is 6.43. The first-order chi connectivity index (χ1) is 13.5. The molecule has 28 heavy (non-hydrogen) atoms. The van der Waals surface area contributed by atoms with Crippen LogP contribution in [0.15, 0.2) is 62.3 Å². The van der Waals surface area contributed by atoms with Gasteiger partial charge in [0.2, 0.25) is 11.6 Å². The molecule has 7 nitrogen and oxygen atoms in total. The third-order valence-corrected chi connectivity index (χ3v) is 4.18. The van der Waals surface area contributed by atoms with E-state index in [0.717, 1.165) is 22.8 Å². The summed E-state index contributed by atoms with van der Waals surface area (Å²) in [5.41, 5.74) is 2.83. The van der Waals surface area contributed by atoms with Crippen LogP contribution in [0.2, 0.25) is 0 Å². The molecule has 0 bridgehead atoms. The molecule has 0 fully saturated rings. The van der Waals surface area contributed by atoms with E-state index >= 15 is 0 Å². The van der Waals surface area contributed by atoms with E-state index in [1.54, 1.807) is 18.2 Å². The molecule has 0 saturated heterocycles. The van der Waals surface area contributed by atoms with Gasteiger partial charge in [-0.1, -0.05) is 34.5 Å². The molecule has 2 heterocycles. The van der Waals surface area contributed by atoms with Crippen LogP contribution in [0, 0.1) is 13.8 Å². The number of rotatable bonds is 4. The van der Waals surface area contributed by atoms with Gasteiger partial charge in [-0.25, -0.2) is 4.79 Å². The molecule has 0 aliphatic heterocycles. The lowest BCUT2D eigenvalue weighted by Gasteiger charge is -2.03. The standard InChI is InChI=1S/C21H16N2O5/c1-12-3-6-14(7-4-12)20-22-19(23-28-20)11-26-21(25)18-10-16(24)15-9-13(2)5-8-17(15)27-18/h3-10H,11H2,1-2H3. The van der Waals surface area contributed by atoms with Crippen LogP contribution in [-0.2, 0) is 11.3 Å². The van der Waals surface area contributed by atoms with Crippen molar-refractivity contribution in [2.24, 2.45) is 0 Å². The lowest BCUT2D eigenvalue weighted by Crippen LogP contribution is -2.10. The predicted octanol–water partition coefficient (Wildman–Crippen LogP) is 3.82. The van der Waals surface area contributed by atoms with E-state index in [1.165, 1.54) is 0 Å². The molecule has 0 amide bonds. The van der Waals surface area contributed by atoms with Crippen molar-refractivity contribution in [1.82, 2.24) is 10.1 Å². The minimum absolute atomic E-state index is 0.177. The predicted molar refractivity (Wildman–Crippen MR) is 101 cm³/mol. The Hall–Kier alpha value is -3.74. The lowest BCUT2D eigenvalue weighted by atomic mass is 10.1. The highest BCUT2D eigenvalue weighted by atomic mass is 16.5. The highest BCUT2D eigenvalue weighted by Crippen LogP contribution is 2.18. The number of benzene rings is 2. The maximum Gasteiger partial charge on any atom is 0.374 e. The van der Waals surface area contributed by atoms with Crippen molar-refractivity contribution in [3.05, 3.63) is 81.5 Å². The summed E-state index contributed by atoms with van der Waals surface area (Å²) in [6.07, 6.45) is 0. The topological polar surface area (TPSA) is 95.4 Å². The Labute approximate surface area is 159 Å². The number of aromatic nitrogens is 2. The summed E-state index contributed by atoms with van der Waals surface area (Å²) in [5.74, 6) is -0.411. The second-order valence-electron chi connectivity index (χ2n) is 6.43. The Morgan fingerprint density at radius 1 is 1.04 bits per heavy atom. The van der Waals surface area contributed by atoms with Gasteiger partial charge in [0, 0.05) is 11.6 Å². The van der Waals surface area contributed by atoms with E-state index in [0.29, 0.717) is 16.9 Å². The van der Waals surface area contributed by atoms with Crippen LogP contribution >= 0.6 is 0 Å². The third kappa shape index (κ3) is 3.55. The Morgan fingerprint density at radius 2 is 1.79 bits per heavy atom. The van der Waals surface area contributed by atoms with Gasteiger partial charge < -0.3 is 13.7 Å². The summed E-state index contributed by atoms with van der Waals surface area (Å²) < 4.78 is 15.8. The molecule has 4 rings (SSSR count). The molecule has 4 aromatic rings. The van der Waals surface area contributed by atoms with Crippen molar-refractivity contribution < 1.29 is 18.5 Å². The minimum Gasteiger partial charge on any atom is -0.451 e. The van der Waals surface area contributed by atoms with Crippen molar-refractivity contribution in [2.75, 3.05) is 0 Å². The van der Waals surface area contributed by atoms with E-state index in [-0.39, 0.29) is 23.6 Å². The molecular formula is C21H16N2O5. The number of esters is 1. The van der Waals surface area contributed by atoms with Gasteiger partial charge >= 0.3 is 5.97 Å². The van der Waals surface area contributed by atoms with E-state index in [2.05, 4.69) is 10.1 Å². The number of carbonyl (C=O) groups excluding carboxylic acids is 1. The first-order valence-electron chi connectivity index (χ1n) is 8.61. The summed E-state index contributed by atoms with van der Waals surface area (Å²) >= 11 is 0. The van der Waals surface area contributed by atoms with Crippen molar-refractivity contribution in [1.29, 1.82) is 0 Å². The van der Waals surface area contributed by atoms with Gasteiger partial charge in [-0.05, 0) is 38.1 Å². The largest absolute Gasteiger partial charge is 0.451 e. The van der Waals surface area contributed by atoms with Crippen molar-refractivity contribution in [3.63, 3.8) is 0 Å². The molecule has 140 valence electrons. The quantitative estimate of drug-likeness (QED) is 0.500. The zero-order valence-corrected chi connectivity index (χ0v) is 15.3. The zero-order valence-electron chi connectivity index (χ0n) is 15.3. The van der Waals surface area contributed by atoms with E-state index in [9.17, 15) is 9.59 Å². The molecule has 2 aromatic carbocycles. The third-order valence-electron chi connectivity index (χ3n) is 4.18. The molecule has 0 saturated carbocycles. The van der Waals surface area contributed by atoms with Crippen LogP contribution in [0.3, 0.4) is 0 Å². The molecule has 0 unspecified atom stereocenters. The van der Waals surface area contributed by atoms with Gasteiger partial charge in [0.05, 0.1) is 5.39 Å². The normalized spacial score (nSPS) is 10.9. The fourth-order valence-corrected chi connectivity index (χ4v) is 2.70. The van der Waals surface area contributed by atoms with Crippen LogP contribution in [0.5, 0.6) is 0 Å². The second kappa shape index (κ2) is 7.11. The fourth-order valence-electron chi connectivity index (χ4n) is 2.70. The van der Waals surface area contributed by atoms with Crippen LogP contribution < -0.4 is 5.43 Å². The molecule has 0 atom stereocenters. The van der Waals surface area contributed by atoms with Crippen LogP contribution in [0.4, 0.5) is 0 Å². The monoisotopic (exact) mass is 376 g/mol. The maximum atomic E-state index is 12.3. The Bertz CT molecular complexity index is 1220. The number of aryl methyl sites for hydroxylation is 2. The van der Waals surface area contributed by atoms with E-state index in [4.69, 9.17) is 13.7 Å². The zero-order chi connectivity index (χ0) is 19.7. The van der Waals surface area contributed by atoms with Crippen LogP contribution in [-0.4, -0.2) is 16.1 Å². The SMILES string of the molecule is Cc1ccc(-c2nc(COC(=O)c3cc(=O)c4cc(C)ccc4o3)no2)cc1. The Balaban J connectivity index is 1.49. The van der Waals surface area contributed by atoms with Gasteiger partial charge in [0.15, 0.2) is 12.0 Å². The van der Waals surface area contributed by atoms with Crippen LogP contribution in [0.1, 0.15) is 27.5 Å². The number of hydrogen-bond donors (Lipinski definition) is 0. The summed E-state index contributed by atoms with van der Waals surface area (Å²) in [6, 6.07) is 13.9. The Kier molecular flexibility index (Phi) is 4.49. The minimum atomic E-state index is -0.777. The van der Waals surface area contributed by atoms with E-state index in [1.807, 2.05) is 38.1 Å². The molecule has 0 N–H and O–H groups in total. The van der Waals surface area contributed by atoms with Crippen molar-refractivity contribution in [3.8, 4) is 11.5 Å². The van der Waals surface area contributed by atoms with Gasteiger partial charge in [0.1, 0.15) is 5.58 Å². The smallest absolute Gasteiger partial charge is 0.374 e. The number of nitrogens with zero attached hydrogens (tertiary/aromatic N) is 2. The molecule has 7 heteroatoms. The number of hydrogen-bond acceptors (Lipinski definition) is 7. The maximum absolute atomic E-state index is 12.3. The van der Waals surface area contributed by atoms with Crippen LogP contribution in [0.25, 0.3) is 22.4 Å². The van der Waals surface area contributed by atoms with Gasteiger partial charge in [-0.15, -0.1) is 0 Å². The lowest BCUT2D eigenvalue weighted by molar-refractivity contribution is 0.0423. The number of ether oxygens (including phenoxy) is 1. The number of carbonyl (C=O) groups is 1. The Morgan fingerprint density at radius 3 is 2.57 bits per heavy atom. The average Bonchev–Trinajstić information content (AvgIpc) is 3.16. The molecule has 2 aromatic heterocycles. The van der Waals surface area contributed by atoms with Gasteiger partial charge in [-0.2, -0.15) is 4.98 Å². The molecule has 0 aliphatic rings. The molecular weight excluding hydrogens is 360 g/mol. The summed E-state index contributed by atoms with van der Waals surface area (Å²) in [6.45, 7) is 3.65. The molecule has 0 spiro atoms. The van der Waals surface area contributed by atoms with Crippen molar-refractivity contribution in [2.45, 2.75) is 20.5 Å². The van der Waals surface area contributed by atoms with Crippen molar-refractivity contribution >= 4 is 16.9 Å². The summed E-state index contributed by atoms with van der Waals surface area (Å²) in [5, 5.41) is 4.22. The number of fused-ring (bicyclic) bond motifs is 1. The average molecular weight is 376 g/mol. The summed E-state index contributed by atoms with van der Waals surface area (Å²) in [4.78, 5) is 28.7. The van der Waals surface area contributed by atoms with E-state index < -0.39 is 5.97 Å². The fraction of sp³-hybridized carbons (Fsp3) is 0.143. The van der Waals surface area contributed by atoms with Gasteiger partial charge in [0.25, 0.3) is 5.89 Å². The first-order valence-corrected chi connectivity index (χ1v) is 8.61. The molecule has 0 aliphatic carbocycles. The summed E-state index contributed by atoms with van der Waals surface area (Å²) in [7, 11) is 0. The highest BCUT2D eigenvalue weighted by molar-refractivity contribution is 5.89. The van der Waals surface area contributed by atoms with Gasteiger partial charge in [-0.3, -0.25) is 4.79 Å².